The molecule has 0 aromatic rings. The molecule has 0 unspecified atom stereocenters. The molecule has 4 nitrogen and oxygen atoms in total. The summed E-state index contributed by atoms with van der Waals surface area (Å²) in [5, 5.41) is 10.3. The highest BCUT2D eigenvalue weighted by Gasteiger charge is 1.78. The van der Waals surface area contributed by atoms with E-state index in [-0.39, 0.29) is 13.4 Å². The zero-order valence-electron chi connectivity index (χ0n) is 5.02. The van der Waals surface area contributed by atoms with Crippen LogP contribution in [0.15, 0.2) is 5.10 Å². The van der Waals surface area contributed by atoms with Crippen LogP contribution < -0.4 is 11.2 Å². The normalized spacial score (nSPS) is 6.89. The predicted molar refractivity (Wildman–Crippen MR) is 40.6 cm³/mol. The van der Waals surface area contributed by atoms with Crippen LogP contribution in [-0.4, -0.2) is 11.7 Å². The smallest absolute Gasteiger partial charge is 0.206 e. The quantitative estimate of drug-likeness (QED) is 0.275. The topological polar surface area (TPSA) is 74.3 Å². The van der Waals surface area contributed by atoms with Gasteiger partial charge in [0.05, 0.1) is 0 Å². The lowest BCUT2D eigenvalue weighted by Crippen LogP contribution is -2.25. The van der Waals surface area contributed by atoms with Crippen molar-refractivity contribution in [2.75, 3.05) is 0 Å². The van der Waals surface area contributed by atoms with Crippen LogP contribution in [0.3, 0.4) is 0 Å². The molecule has 0 atom stereocenters. The Labute approximate surface area is 55.6 Å². The highest BCUT2D eigenvalue weighted by Crippen LogP contribution is 1.66. The summed E-state index contributed by atoms with van der Waals surface area (Å²) in [6.07, 6.45) is 0. The monoisotopic (exact) mass is 130 g/mol. The maximum atomic E-state index is 6.65. The largest absolute Gasteiger partial charge is 0.369 e. The third-order valence-electron chi connectivity index (χ3n) is 0.400. The molecule has 0 rings (SSSR count). The molecule has 9 heavy (non-hydrogen) atoms. The summed E-state index contributed by atoms with van der Waals surface area (Å²) in [6.45, 7) is 3.63. The Bertz CT molecular complexity index is 112. The highest BCUT2D eigenvalue weighted by atomic mass is 15.3. The zero-order valence-corrected chi connectivity index (χ0v) is 5.02. The van der Waals surface area contributed by atoms with Gasteiger partial charge in [0.1, 0.15) is 0 Å². The van der Waals surface area contributed by atoms with Crippen molar-refractivity contribution in [3.8, 4) is 0 Å². The molecule has 0 fully saturated rings. The fraction of sp³-hybridized carbons (Fsp3) is 0.600. The molecule has 4 heteroatoms. The number of hydrazone groups is 1. The molecule has 0 aliphatic carbocycles. The van der Waals surface area contributed by atoms with Crippen molar-refractivity contribution in [2.45, 2.75) is 21.3 Å². The molecule has 0 amide bonds. The third-order valence-corrected chi connectivity index (χ3v) is 0.400. The Kier molecular flexibility index (Phi) is 6.12. The Morgan fingerprint density at radius 3 is 2.11 bits per heavy atom. The van der Waals surface area contributed by atoms with Crippen LogP contribution in [0, 0.1) is 5.41 Å². The fourth-order valence-electron chi connectivity index (χ4n) is 0.172. The SMILES string of the molecule is C.CC(C)=NNC(=N)N. The summed E-state index contributed by atoms with van der Waals surface area (Å²) in [5.41, 5.74) is 8.05. The van der Waals surface area contributed by atoms with Gasteiger partial charge in [-0.05, 0) is 13.8 Å². The van der Waals surface area contributed by atoms with Gasteiger partial charge >= 0.3 is 0 Å². The lowest BCUT2D eigenvalue weighted by Gasteiger charge is -1.93. The second kappa shape index (κ2) is 5.08. The van der Waals surface area contributed by atoms with Crippen molar-refractivity contribution < 1.29 is 0 Å². The number of hydrogen-bond acceptors (Lipinski definition) is 2. The molecule has 0 radical (unpaired) electrons. The zero-order chi connectivity index (χ0) is 6.57. The number of nitrogens with one attached hydrogen (secondary N) is 2. The van der Waals surface area contributed by atoms with E-state index in [1.807, 2.05) is 13.8 Å². The lowest BCUT2D eigenvalue weighted by atomic mass is 10.5. The van der Waals surface area contributed by atoms with Gasteiger partial charge in [-0.2, -0.15) is 5.10 Å². The summed E-state index contributed by atoms with van der Waals surface area (Å²) < 4.78 is 0. The molecule has 0 bridgehead atoms. The molecule has 0 aliphatic heterocycles. The van der Waals surface area contributed by atoms with Crippen LogP contribution in [0.4, 0.5) is 0 Å². The van der Waals surface area contributed by atoms with E-state index in [0.29, 0.717) is 0 Å². The first kappa shape index (κ1) is 10.8. The summed E-state index contributed by atoms with van der Waals surface area (Å²) in [5.74, 6) is -0.133. The van der Waals surface area contributed by atoms with Crippen LogP contribution in [0.2, 0.25) is 0 Å². The van der Waals surface area contributed by atoms with Crippen molar-refractivity contribution in [1.29, 1.82) is 5.41 Å². The lowest BCUT2D eigenvalue weighted by molar-refractivity contribution is 0.989. The minimum absolute atomic E-state index is 0. The van der Waals surface area contributed by atoms with Crippen LogP contribution in [0.1, 0.15) is 21.3 Å². The van der Waals surface area contributed by atoms with Crippen molar-refractivity contribution in [1.82, 2.24) is 5.43 Å². The van der Waals surface area contributed by atoms with E-state index >= 15 is 0 Å². The summed E-state index contributed by atoms with van der Waals surface area (Å²) in [7, 11) is 0. The molecule has 0 heterocycles. The average molecular weight is 130 g/mol. The van der Waals surface area contributed by atoms with Gasteiger partial charge in [0.15, 0.2) is 0 Å². The standard InChI is InChI=1S/C4H10N4.CH4/c1-3(2)7-8-4(5)6;/h1-2H3,(H4,5,6,8);1H4. The van der Waals surface area contributed by atoms with E-state index in [1.165, 1.54) is 0 Å². The van der Waals surface area contributed by atoms with Crippen molar-refractivity contribution >= 4 is 11.7 Å². The van der Waals surface area contributed by atoms with Crippen molar-refractivity contribution in [3.63, 3.8) is 0 Å². The third kappa shape index (κ3) is 10.9. The van der Waals surface area contributed by atoms with E-state index in [2.05, 4.69) is 10.5 Å². The number of rotatable bonds is 1. The molecule has 0 aromatic heterocycles. The molecular weight excluding hydrogens is 116 g/mol. The van der Waals surface area contributed by atoms with E-state index in [0.717, 1.165) is 5.71 Å². The molecule has 0 saturated carbocycles. The second-order valence-electron chi connectivity index (χ2n) is 1.58. The molecular formula is C5H14N4. The summed E-state index contributed by atoms with van der Waals surface area (Å²) in [6, 6.07) is 0. The molecule has 4 N–H and O–H groups in total. The van der Waals surface area contributed by atoms with Gasteiger partial charge < -0.3 is 5.73 Å². The minimum Gasteiger partial charge on any atom is -0.369 e. The average Bonchev–Trinajstić information content (AvgIpc) is 1.61. The molecule has 0 spiro atoms. The Morgan fingerprint density at radius 1 is 1.56 bits per heavy atom. The van der Waals surface area contributed by atoms with Crippen LogP contribution in [0.25, 0.3) is 0 Å². The van der Waals surface area contributed by atoms with Gasteiger partial charge in [-0.3, -0.25) is 5.41 Å². The van der Waals surface area contributed by atoms with Gasteiger partial charge in [0, 0.05) is 5.71 Å². The van der Waals surface area contributed by atoms with Gasteiger partial charge in [0.2, 0.25) is 5.96 Å². The number of guanidine groups is 1. The van der Waals surface area contributed by atoms with Crippen LogP contribution in [-0.2, 0) is 0 Å². The maximum Gasteiger partial charge on any atom is 0.206 e. The number of nitrogens with two attached hydrogens (primary N) is 1. The van der Waals surface area contributed by atoms with Gasteiger partial charge in [-0.1, -0.05) is 7.43 Å². The first-order valence-electron chi connectivity index (χ1n) is 2.24. The second-order valence-corrected chi connectivity index (χ2v) is 1.58. The summed E-state index contributed by atoms with van der Waals surface area (Å²) in [4.78, 5) is 0. The van der Waals surface area contributed by atoms with Crippen molar-refractivity contribution in [2.24, 2.45) is 10.8 Å². The van der Waals surface area contributed by atoms with Crippen molar-refractivity contribution in [3.05, 3.63) is 0 Å². The van der Waals surface area contributed by atoms with Gasteiger partial charge in [-0.25, -0.2) is 5.43 Å². The molecule has 54 valence electrons. The van der Waals surface area contributed by atoms with E-state index in [1.54, 1.807) is 0 Å². The molecule has 0 saturated heterocycles. The Hall–Kier alpha value is -1.06. The fourth-order valence-corrected chi connectivity index (χ4v) is 0.172. The first-order valence-corrected chi connectivity index (χ1v) is 2.24. The molecule has 0 aliphatic rings. The maximum absolute atomic E-state index is 6.65. The van der Waals surface area contributed by atoms with Gasteiger partial charge in [-0.15, -0.1) is 0 Å². The van der Waals surface area contributed by atoms with E-state index in [9.17, 15) is 0 Å². The number of nitrogens with zero attached hydrogens (tertiary/aromatic N) is 1. The van der Waals surface area contributed by atoms with Crippen LogP contribution in [0.5, 0.6) is 0 Å². The summed E-state index contributed by atoms with van der Waals surface area (Å²) >= 11 is 0. The van der Waals surface area contributed by atoms with E-state index < -0.39 is 0 Å². The minimum atomic E-state index is -0.133. The Balaban J connectivity index is 0. The Morgan fingerprint density at radius 2 is 2.00 bits per heavy atom. The predicted octanol–water partition coefficient (Wildman–Crippen LogP) is 0.501. The first-order chi connectivity index (χ1) is 3.63. The number of hydrogen-bond donors (Lipinski definition) is 3. The van der Waals surface area contributed by atoms with E-state index in [4.69, 9.17) is 11.1 Å². The highest BCUT2D eigenvalue weighted by molar-refractivity contribution is 5.81. The van der Waals surface area contributed by atoms with Crippen LogP contribution >= 0.6 is 0 Å². The van der Waals surface area contributed by atoms with Gasteiger partial charge in [0.25, 0.3) is 0 Å². The molecule has 0 aromatic carbocycles.